The van der Waals surface area contributed by atoms with Gasteiger partial charge >= 0.3 is 0 Å². The van der Waals surface area contributed by atoms with E-state index in [4.69, 9.17) is 0 Å². The Bertz CT molecular complexity index is 1540. The van der Waals surface area contributed by atoms with Crippen LogP contribution in [0.25, 0.3) is 32.9 Å². The number of H-pyrrole nitrogens is 1. The van der Waals surface area contributed by atoms with E-state index >= 15 is 0 Å². The normalized spacial score (nSPS) is 12.5. The third-order valence-corrected chi connectivity index (χ3v) is 6.11. The first-order chi connectivity index (χ1) is 14.7. The van der Waals surface area contributed by atoms with Crippen molar-refractivity contribution in [3.63, 3.8) is 0 Å². The van der Waals surface area contributed by atoms with E-state index in [1.54, 1.807) is 4.57 Å². The summed E-state index contributed by atoms with van der Waals surface area (Å²) in [6.45, 7) is 0.509. The van der Waals surface area contributed by atoms with Gasteiger partial charge in [-0.2, -0.15) is 0 Å². The van der Waals surface area contributed by atoms with Crippen molar-refractivity contribution in [3.05, 3.63) is 106 Å². The Labute approximate surface area is 172 Å². The molecule has 144 valence electrons. The van der Waals surface area contributed by atoms with Crippen LogP contribution < -0.4 is 5.56 Å². The van der Waals surface area contributed by atoms with E-state index in [1.807, 2.05) is 72.9 Å². The molecule has 0 bridgehead atoms. The van der Waals surface area contributed by atoms with Gasteiger partial charge in [-0.05, 0) is 24.1 Å². The largest absolute Gasteiger partial charge is 0.361 e. The molecule has 0 spiro atoms. The Balaban J connectivity index is 1.57. The third kappa shape index (κ3) is 2.28. The summed E-state index contributed by atoms with van der Waals surface area (Å²) in [4.78, 5) is 30.0. The van der Waals surface area contributed by atoms with Crippen molar-refractivity contribution in [2.75, 3.05) is 0 Å². The predicted octanol–water partition coefficient (Wildman–Crippen LogP) is 4.94. The molecule has 0 saturated carbocycles. The summed E-state index contributed by atoms with van der Waals surface area (Å²) in [5.41, 5.74) is 5.11. The van der Waals surface area contributed by atoms with E-state index in [9.17, 15) is 9.59 Å². The molecule has 1 aliphatic rings. The van der Waals surface area contributed by atoms with Crippen molar-refractivity contribution in [2.45, 2.75) is 13.0 Å². The highest BCUT2D eigenvalue weighted by atomic mass is 16.1. The number of para-hydroxylation sites is 1. The number of nitrogens with one attached hydrogen (secondary N) is 1. The molecule has 0 unspecified atom stereocenters. The number of hydrogen-bond acceptors (Lipinski definition) is 2. The fraction of sp³-hybridized carbons (Fsp3) is 0.0769. The molecule has 0 saturated heterocycles. The molecule has 0 amide bonds. The summed E-state index contributed by atoms with van der Waals surface area (Å²) in [7, 11) is 0. The minimum atomic E-state index is -0.0475. The van der Waals surface area contributed by atoms with Gasteiger partial charge in [0, 0.05) is 45.5 Å². The fourth-order valence-corrected chi connectivity index (χ4v) is 4.71. The maximum absolute atomic E-state index is 13.5. The number of aromatic amines is 1. The number of hydrogen-bond donors (Lipinski definition) is 1. The van der Waals surface area contributed by atoms with E-state index in [-0.39, 0.29) is 11.3 Å². The highest BCUT2D eigenvalue weighted by Crippen LogP contribution is 2.39. The van der Waals surface area contributed by atoms with Crippen molar-refractivity contribution < 1.29 is 4.79 Å². The lowest BCUT2D eigenvalue weighted by Gasteiger charge is -2.15. The number of nitrogens with zero attached hydrogens (tertiary/aromatic N) is 1. The van der Waals surface area contributed by atoms with Gasteiger partial charge in [0.25, 0.3) is 5.56 Å². The number of carbonyl (C=O) groups is 1. The van der Waals surface area contributed by atoms with Gasteiger partial charge in [-0.3, -0.25) is 9.59 Å². The number of aryl methyl sites for hydroxylation is 1. The summed E-state index contributed by atoms with van der Waals surface area (Å²) in [6.07, 6.45) is 2.71. The Hall–Kier alpha value is -3.92. The smallest absolute Gasteiger partial charge is 0.258 e. The van der Waals surface area contributed by atoms with Crippen LogP contribution in [-0.2, 0) is 13.0 Å². The first-order valence-electron chi connectivity index (χ1n) is 10.1. The average Bonchev–Trinajstić information content (AvgIpc) is 3.33. The van der Waals surface area contributed by atoms with Gasteiger partial charge in [0.05, 0.1) is 11.3 Å². The zero-order chi connectivity index (χ0) is 20.2. The number of benzene rings is 3. The van der Waals surface area contributed by atoms with Crippen LogP contribution in [0.5, 0.6) is 0 Å². The minimum absolute atomic E-state index is 0.00218. The zero-order valence-corrected chi connectivity index (χ0v) is 16.2. The van der Waals surface area contributed by atoms with Gasteiger partial charge in [0.15, 0.2) is 5.78 Å². The number of pyridine rings is 1. The second kappa shape index (κ2) is 6.29. The van der Waals surface area contributed by atoms with E-state index in [2.05, 4.69) is 11.1 Å². The van der Waals surface area contributed by atoms with Crippen LogP contribution in [0.3, 0.4) is 0 Å². The molecule has 4 heteroatoms. The van der Waals surface area contributed by atoms with Crippen LogP contribution >= 0.6 is 0 Å². The molecular formula is C26H18N2O2. The number of fused-ring (bicyclic) bond motifs is 6. The zero-order valence-electron chi connectivity index (χ0n) is 16.2. The van der Waals surface area contributed by atoms with Crippen molar-refractivity contribution in [1.82, 2.24) is 9.55 Å². The Morgan fingerprint density at radius 2 is 1.40 bits per heavy atom. The van der Waals surface area contributed by atoms with E-state index in [0.717, 1.165) is 27.7 Å². The molecule has 3 aromatic carbocycles. The standard InChI is InChI=1S/C26H18N2O2/c29-25-20-10-3-2-9-19(20)24-23(25)18-8-1-4-11-21(18)26(30)28(24)14-13-16-15-27-22-12-6-5-7-17(16)22/h1-12,15,27H,13-14H2. The topological polar surface area (TPSA) is 54.9 Å². The monoisotopic (exact) mass is 390 g/mol. The molecule has 0 aliphatic heterocycles. The van der Waals surface area contributed by atoms with Crippen molar-refractivity contribution in [2.24, 2.45) is 0 Å². The lowest BCUT2D eigenvalue weighted by molar-refractivity contribution is 0.104. The van der Waals surface area contributed by atoms with E-state index < -0.39 is 0 Å². The first-order valence-corrected chi connectivity index (χ1v) is 10.1. The lowest BCUT2D eigenvalue weighted by atomic mass is 10.0. The van der Waals surface area contributed by atoms with Crippen LogP contribution in [0, 0.1) is 0 Å². The van der Waals surface area contributed by atoms with E-state index in [1.165, 1.54) is 5.39 Å². The van der Waals surface area contributed by atoms with Crippen LogP contribution in [0.1, 0.15) is 21.5 Å². The lowest BCUT2D eigenvalue weighted by Crippen LogP contribution is -2.24. The molecule has 2 heterocycles. The highest BCUT2D eigenvalue weighted by Gasteiger charge is 2.32. The van der Waals surface area contributed by atoms with Crippen LogP contribution in [0.2, 0.25) is 0 Å². The van der Waals surface area contributed by atoms with Crippen LogP contribution in [0.15, 0.2) is 83.8 Å². The van der Waals surface area contributed by atoms with Gasteiger partial charge < -0.3 is 9.55 Å². The summed E-state index contributed by atoms with van der Waals surface area (Å²) >= 11 is 0. The fourth-order valence-electron chi connectivity index (χ4n) is 4.71. The third-order valence-electron chi connectivity index (χ3n) is 6.11. The molecule has 2 aromatic heterocycles. The molecule has 0 fully saturated rings. The molecule has 5 aromatic rings. The minimum Gasteiger partial charge on any atom is -0.361 e. The van der Waals surface area contributed by atoms with Gasteiger partial charge in [0.2, 0.25) is 0 Å². The maximum Gasteiger partial charge on any atom is 0.258 e. The van der Waals surface area contributed by atoms with Gasteiger partial charge in [-0.25, -0.2) is 0 Å². The van der Waals surface area contributed by atoms with Gasteiger partial charge in [0.1, 0.15) is 0 Å². The average molecular weight is 390 g/mol. The highest BCUT2D eigenvalue weighted by molar-refractivity contribution is 6.26. The first kappa shape index (κ1) is 17.0. The van der Waals surface area contributed by atoms with Crippen LogP contribution in [-0.4, -0.2) is 15.3 Å². The predicted molar refractivity (Wildman–Crippen MR) is 119 cm³/mol. The van der Waals surface area contributed by atoms with Crippen LogP contribution in [0.4, 0.5) is 0 Å². The Kier molecular flexibility index (Phi) is 3.56. The molecule has 30 heavy (non-hydrogen) atoms. The summed E-state index contributed by atoms with van der Waals surface area (Å²) in [5, 5.41) is 2.50. The second-order valence-corrected chi connectivity index (χ2v) is 7.71. The number of carbonyl (C=O) groups excluding carboxylic acids is 1. The number of aromatic nitrogens is 2. The SMILES string of the molecule is O=C1c2ccccc2-c2c1c1ccccc1c(=O)n2CCc1c[nH]c2ccccc12. The summed E-state index contributed by atoms with van der Waals surface area (Å²) < 4.78 is 1.79. The molecule has 0 radical (unpaired) electrons. The molecule has 4 nitrogen and oxygen atoms in total. The molecular weight excluding hydrogens is 372 g/mol. The molecule has 1 N–H and O–H groups in total. The van der Waals surface area contributed by atoms with Gasteiger partial charge in [-0.15, -0.1) is 0 Å². The van der Waals surface area contributed by atoms with Crippen molar-refractivity contribution in [1.29, 1.82) is 0 Å². The number of rotatable bonds is 3. The quantitative estimate of drug-likeness (QED) is 0.465. The Morgan fingerprint density at radius 3 is 2.23 bits per heavy atom. The van der Waals surface area contributed by atoms with Gasteiger partial charge in [-0.1, -0.05) is 60.7 Å². The number of ketones is 1. The molecule has 1 aliphatic carbocycles. The van der Waals surface area contributed by atoms with E-state index in [0.29, 0.717) is 29.5 Å². The second-order valence-electron chi connectivity index (χ2n) is 7.71. The molecule has 0 atom stereocenters. The summed E-state index contributed by atoms with van der Waals surface area (Å²) in [5.74, 6) is -0.00218. The summed E-state index contributed by atoms with van der Waals surface area (Å²) in [6, 6.07) is 23.2. The maximum atomic E-state index is 13.5. The Morgan fingerprint density at radius 1 is 0.733 bits per heavy atom. The molecule has 6 rings (SSSR count). The van der Waals surface area contributed by atoms with Crippen molar-refractivity contribution in [3.8, 4) is 11.3 Å². The van der Waals surface area contributed by atoms with Crippen molar-refractivity contribution >= 4 is 27.5 Å².